The summed E-state index contributed by atoms with van der Waals surface area (Å²) >= 11 is 1.80. The SMILES string of the molecule is CC(SCCCNC(=O)N1CCCCCC(=O)/C=C\C1=O)=C1c2ccccc2N(Cc2ccccc2)c2ccccc21. The van der Waals surface area contributed by atoms with Gasteiger partial charge in [-0.1, -0.05) is 73.2 Å². The van der Waals surface area contributed by atoms with Crippen molar-refractivity contribution < 1.29 is 14.4 Å². The zero-order valence-electron chi connectivity index (χ0n) is 24.1. The van der Waals surface area contributed by atoms with Crippen LogP contribution in [0.3, 0.4) is 0 Å². The van der Waals surface area contributed by atoms with E-state index in [4.69, 9.17) is 0 Å². The molecule has 42 heavy (non-hydrogen) atoms. The summed E-state index contributed by atoms with van der Waals surface area (Å²) in [5.74, 6) is 0.323. The van der Waals surface area contributed by atoms with E-state index in [1.54, 1.807) is 11.8 Å². The number of anilines is 2. The molecule has 0 saturated heterocycles. The van der Waals surface area contributed by atoms with Gasteiger partial charge in [-0.25, -0.2) is 4.79 Å². The van der Waals surface area contributed by atoms with E-state index in [0.717, 1.165) is 31.6 Å². The molecule has 0 radical (unpaired) electrons. The summed E-state index contributed by atoms with van der Waals surface area (Å²) in [5.41, 5.74) is 7.35. The smallest absolute Gasteiger partial charge is 0.324 e. The number of amides is 3. The average Bonchev–Trinajstić information content (AvgIpc) is 3.01. The molecule has 216 valence electrons. The Morgan fingerprint density at radius 3 is 2.21 bits per heavy atom. The number of fused-ring (bicyclic) bond motifs is 2. The van der Waals surface area contributed by atoms with Gasteiger partial charge >= 0.3 is 6.03 Å². The van der Waals surface area contributed by atoms with Crippen LogP contribution in [0.15, 0.2) is 95.9 Å². The van der Waals surface area contributed by atoms with Crippen molar-refractivity contribution in [2.45, 2.75) is 45.6 Å². The Labute approximate surface area is 252 Å². The highest BCUT2D eigenvalue weighted by molar-refractivity contribution is 8.03. The van der Waals surface area contributed by atoms with Crippen molar-refractivity contribution in [3.63, 3.8) is 0 Å². The summed E-state index contributed by atoms with van der Waals surface area (Å²) in [6.45, 7) is 3.80. The highest BCUT2D eigenvalue weighted by Gasteiger charge is 2.27. The number of thioether (sulfide) groups is 1. The summed E-state index contributed by atoms with van der Waals surface area (Å²) in [6.07, 6.45) is 6.03. The molecule has 0 bridgehead atoms. The highest BCUT2D eigenvalue weighted by Crippen LogP contribution is 2.48. The molecule has 0 spiro atoms. The van der Waals surface area contributed by atoms with Gasteiger partial charge in [-0.05, 0) is 60.6 Å². The maximum Gasteiger partial charge on any atom is 0.324 e. The number of hydrogen-bond donors (Lipinski definition) is 1. The van der Waals surface area contributed by atoms with Crippen LogP contribution in [0.4, 0.5) is 16.2 Å². The third kappa shape index (κ3) is 7.02. The number of rotatable bonds is 7. The zero-order valence-corrected chi connectivity index (χ0v) is 24.9. The third-order valence-corrected chi connectivity index (χ3v) is 8.74. The molecule has 3 aromatic rings. The zero-order chi connectivity index (χ0) is 29.3. The van der Waals surface area contributed by atoms with Crippen LogP contribution < -0.4 is 10.2 Å². The number of ketones is 1. The van der Waals surface area contributed by atoms with Crippen molar-refractivity contribution in [3.8, 4) is 0 Å². The van der Waals surface area contributed by atoms with E-state index in [-0.39, 0.29) is 5.78 Å². The molecule has 2 aliphatic heterocycles. The van der Waals surface area contributed by atoms with Gasteiger partial charge in [0, 0.05) is 60.2 Å². The van der Waals surface area contributed by atoms with E-state index < -0.39 is 11.9 Å². The lowest BCUT2D eigenvalue weighted by atomic mass is 9.89. The number of nitrogens with one attached hydrogen (secondary N) is 1. The summed E-state index contributed by atoms with van der Waals surface area (Å²) in [6, 6.07) is 27.4. The van der Waals surface area contributed by atoms with Gasteiger partial charge in [0.1, 0.15) is 0 Å². The van der Waals surface area contributed by atoms with Crippen LogP contribution in [0.1, 0.15) is 55.7 Å². The first-order valence-electron chi connectivity index (χ1n) is 14.7. The van der Waals surface area contributed by atoms with Crippen LogP contribution in [0, 0.1) is 0 Å². The number of carbonyl (C=O) groups is 3. The van der Waals surface area contributed by atoms with Crippen molar-refractivity contribution in [1.29, 1.82) is 0 Å². The van der Waals surface area contributed by atoms with Gasteiger partial charge < -0.3 is 10.2 Å². The third-order valence-electron chi connectivity index (χ3n) is 7.61. The average molecular weight is 580 g/mol. The standard InChI is InChI=1S/C35H37N3O3S/c1-26(42-24-12-22-36-35(41)37-23-11-3-6-15-28(39)20-21-33(37)40)34-29-16-7-9-18-31(29)38(25-27-13-4-2-5-14-27)32-19-10-8-17-30(32)34/h2,4-5,7-10,13-14,16-21H,3,6,11-12,15,22-25H2,1H3,(H,36,41)/b21-20-. The first-order valence-corrected chi connectivity index (χ1v) is 15.7. The van der Waals surface area contributed by atoms with E-state index in [1.165, 1.54) is 55.6 Å². The maximum atomic E-state index is 12.8. The maximum absolute atomic E-state index is 12.8. The largest absolute Gasteiger partial charge is 0.338 e. The van der Waals surface area contributed by atoms with Gasteiger partial charge in [0.05, 0.1) is 0 Å². The molecule has 0 saturated carbocycles. The Bertz CT molecular complexity index is 1450. The summed E-state index contributed by atoms with van der Waals surface area (Å²) in [5, 5.41) is 2.90. The quantitative estimate of drug-likeness (QED) is 0.294. The molecule has 3 aromatic carbocycles. The van der Waals surface area contributed by atoms with Crippen molar-refractivity contribution >= 4 is 46.4 Å². The molecular weight excluding hydrogens is 542 g/mol. The lowest BCUT2D eigenvalue weighted by Gasteiger charge is -2.35. The second-order valence-electron chi connectivity index (χ2n) is 10.6. The molecule has 0 aromatic heterocycles. The van der Waals surface area contributed by atoms with Gasteiger partial charge in [0.2, 0.25) is 0 Å². The number of urea groups is 1. The van der Waals surface area contributed by atoms with Gasteiger partial charge in [-0.2, -0.15) is 0 Å². The van der Waals surface area contributed by atoms with Crippen molar-refractivity contribution in [1.82, 2.24) is 10.2 Å². The van der Waals surface area contributed by atoms with Crippen LogP contribution in [0.25, 0.3) is 5.57 Å². The topological polar surface area (TPSA) is 69.7 Å². The molecule has 0 unspecified atom stereocenters. The molecule has 1 N–H and O–H groups in total. The number of para-hydroxylation sites is 2. The van der Waals surface area contributed by atoms with Crippen LogP contribution in [0.2, 0.25) is 0 Å². The Kier molecular flexibility index (Phi) is 9.93. The summed E-state index contributed by atoms with van der Waals surface area (Å²) in [7, 11) is 0. The number of hydrogen-bond acceptors (Lipinski definition) is 5. The van der Waals surface area contributed by atoms with Gasteiger partial charge in [0.15, 0.2) is 5.78 Å². The fourth-order valence-corrected chi connectivity index (χ4v) is 6.45. The molecule has 2 heterocycles. The highest BCUT2D eigenvalue weighted by atomic mass is 32.2. The Morgan fingerprint density at radius 1 is 0.833 bits per heavy atom. The molecule has 0 atom stereocenters. The fourth-order valence-electron chi connectivity index (χ4n) is 5.49. The predicted molar refractivity (Wildman–Crippen MR) is 172 cm³/mol. The normalized spacial score (nSPS) is 16.0. The van der Waals surface area contributed by atoms with Crippen LogP contribution in [-0.4, -0.2) is 41.5 Å². The minimum Gasteiger partial charge on any atom is -0.338 e. The Morgan fingerprint density at radius 2 is 1.50 bits per heavy atom. The number of allylic oxidation sites excluding steroid dienone is 2. The van der Waals surface area contributed by atoms with E-state index >= 15 is 0 Å². The summed E-state index contributed by atoms with van der Waals surface area (Å²) < 4.78 is 0. The van der Waals surface area contributed by atoms with Crippen molar-refractivity contribution in [3.05, 3.63) is 113 Å². The van der Waals surface area contributed by atoms with E-state index in [9.17, 15) is 14.4 Å². The first-order chi connectivity index (χ1) is 20.5. The number of carbonyl (C=O) groups excluding carboxylic acids is 3. The monoisotopic (exact) mass is 579 g/mol. The van der Waals surface area contributed by atoms with Gasteiger partial charge in [0.25, 0.3) is 5.91 Å². The van der Waals surface area contributed by atoms with Gasteiger partial charge in [-0.3, -0.25) is 14.5 Å². The molecule has 6 nitrogen and oxygen atoms in total. The first kappa shape index (κ1) is 29.4. The molecule has 0 fully saturated rings. The van der Waals surface area contributed by atoms with E-state index in [1.807, 2.05) is 6.07 Å². The van der Waals surface area contributed by atoms with E-state index in [2.05, 4.69) is 89.9 Å². The molecule has 7 heteroatoms. The van der Waals surface area contributed by atoms with Gasteiger partial charge in [-0.15, -0.1) is 11.8 Å². The minimum absolute atomic E-state index is 0.0701. The lowest BCUT2D eigenvalue weighted by Crippen LogP contribution is -2.44. The molecule has 5 rings (SSSR count). The summed E-state index contributed by atoms with van der Waals surface area (Å²) in [4.78, 5) is 41.9. The van der Waals surface area contributed by atoms with Crippen molar-refractivity contribution in [2.24, 2.45) is 0 Å². The fraction of sp³-hybridized carbons (Fsp3) is 0.286. The van der Waals surface area contributed by atoms with Crippen LogP contribution in [0.5, 0.6) is 0 Å². The molecule has 3 amide bonds. The minimum atomic E-state index is -0.436. The second-order valence-corrected chi connectivity index (χ2v) is 11.9. The number of benzene rings is 3. The van der Waals surface area contributed by atoms with Crippen molar-refractivity contribution in [2.75, 3.05) is 23.7 Å². The second kappa shape index (κ2) is 14.2. The van der Waals surface area contributed by atoms with Crippen LogP contribution >= 0.6 is 11.8 Å². The lowest BCUT2D eigenvalue weighted by molar-refractivity contribution is -0.124. The van der Waals surface area contributed by atoms with Crippen LogP contribution in [-0.2, 0) is 16.1 Å². The number of imide groups is 1. The Balaban J connectivity index is 1.25. The predicted octanol–water partition coefficient (Wildman–Crippen LogP) is 7.48. The van der Waals surface area contributed by atoms with E-state index in [0.29, 0.717) is 25.9 Å². The molecule has 2 aliphatic rings. The molecular formula is C35H37N3O3S. The molecule has 0 aliphatic carbocycles. The number of nitrogens with zero attached hydrogens (tertiary/aromatic N) is 2. The Hall–Kier alpha value is -4.10.